The summed E-state index contributed by atoms with van der Waals surface area (Å²) >= 11 is 0. The van der Waals surface area contributed by atoms with Gasteiger partial charge >= 0.3 is 6.03 Å². The van der Waals surface area contributed by atoms with Gasteiger partial charge in [-0.15, -0.1) is 0 Å². The predicted molar refractivity (Wildman–Crippen MR) is 56.4 cm³/mol. The van der Waals surface area contributed by atoms with Gasteiger partial charge in [-0.2, -0.15) is 4.57 Å². The highest BCUT2D eigenvalue weighted by atomic mass is 16.2. The third-order valence-electron chi connectivity index (χ3n) is 3.04. The van der Waals surface area contributed by atoms with Gasteiger partial charge in [-0.25, -0.2) is 9.36 Å². The Morgan fingerprint density at radius 2 is 2.07 bits per heavy atom. The van der Waals surface area contributed by atoms with E-state index in [1.54, 1.807) is 17.1 Å². The van der Waals surface area contributed by atoms with Crippen LogP contribution in [0.2, 0.25) is 0 Å². The highest BCUT2D eigenvalue weighted by Crippen LogP contribution is 2.16. The molecular formula is C11H18N3O+. The summed E-state index contributed by atoms with van der Waals surface area (Å²) in [6.07, 6.45) is 7.74. The quantitative estimate of drug-likeness (QED) is 0.585. The molecule has 1 saturated heterocycles. The summed E-state index contributed by atoms with van der Waals surface area (Å²) in [5, 5.41) is 0. The fourth-order valence-electron chi connectivity index (χ4n) is 1.93. The van der Waals surface area contributed by atoms with E-state index in [4.69, 9.17) is 0 Å². The van der Waals surface area contributed by atoms with Crippen LogP contribution in [-0.4, -0.2) is 28.6 Å². The maximum absolute atomic E-state index is 12.0. The number of carbonyl (C=O) groups is 1. The number of imidazole rings is 1. The molecule has 1 aliphatic rings. The number of hydrogen-bond donors (Lipinski definition) is 0. The monoisotopic (exact) mass is 208 g/mol. The van der Waals surface area contributed by atoms with E-state index in [9.17, 15) is 4.79 Å². The van der Waals surface area contributed by atoms with E-state index < -0.39 is 0 Å². The third-order valence-corrected chi connectivity index (χ3v) is 3.04. The molecule has 0 aromatic carbocycles. The van der Waals surface area contributed by atoms with E-state index >= 15 is 0 Å². The molecule has 0 N–H and O–H groups in total. The Bertz CT molecular complexity index is 350. The van der Waals surface area contributed by atoms with E-state index in [0.717, 1.165) is 31.8 Å². The van der Waals surface area contributed by atoms with Crippen molar-refractivity contribution in [2.75, 3.05) is 13.1 Å². The first-order valence-electron chi connectivity index (χ1n) is 5.49. The van der Waals surface area contributed by atoms with Crippen molar-refractivity contribution in [3.8, 4) is 0 Å². The molecule has 1 amide bonds. The normalized spacial score (nSPS) is 18.1. The van der Waals surface area contributed by atoms with Crippen molar-refractivity contribution < 1.29 is 9.36 Å². The first kappa shape index (κ1) is 10.2. The summed E-state index contributed by atoms with van der Waals surface area (Å²) in [5.41, 5.74) is 0. The van der Waals surface area contributed by atoms with Crippen LogP contribution in [0.4, 0.5) is 4.79 Å². The summed E-state index contributed by atoms with van der Waals surface area (Å²) in [6.45, 7) is 4.03. The summed E-state index contributed by atoms with van der Waals surface area (Å²) in [7, 11) is 1.92. The Balaban J connectivity index is 2.02. The molecule has 0 radical (unpaired) electrons. The SMILES string of the molecule is CC1CCN(C(=O)n2cc[n+](C)c2)CC1. The average molecular weight is 208 g/mol. The van der Waals surface area contributed by atoms with Crippen molar-refractivity contribution in [2.24, 2.45) is 13.0 Å². The average Bonchev–Trinajstić information content (AvgIpc) is 2.65. The van der Waals surface area contributed by atoms with Gasteiger partial charge in [0.05, 0.1) is 7.05 Å². The third kappa shape index (κ3) is 2.19. The lowest BCUT2D eigenvalue weighted by molar-refractivity contribution is -0.670. The van der Waals surface area contributed by atoms with Gasteiger partial charge in [0.2, 0.25) is 0 Å². The zero-order valence-electron chi connectivity index (χ0n) is 9.39. The lowest BCUT2D eigenvalue weighted by Gasteiger charge is -2.28. The maximum Gasteiger partial charge on any atom is 0.415 e. The number of hydrogen-bond acceptors (Lipinski definition) is 1. The van der Waals surface area contributed by atoms with Gasteiger partial charge in [-0.1, -0.05) is 6.92 Å². The van der Waals surface area contributed by atoms with Gasteiger partial charge in [0.15, 0.2) is 0 Å². The predicted octanol–water partition coefficient (Wildman–Crippen LogP) is 1.01. The molecule has 0 atom stereocenters. The fraction of sp³-hybridized carbons (Fsp3) is 0.636. The first-order chi connectivity index (χ1) is 7.16. The minimum absolute atomic E-state index is 0.0995. The zero-order valence-corrected chi connectivity index (χ0v) is 9.39. The Kier molecular flexibility index (Phi) is 2.75. The summed E-state index contributed by atoms with van der Waals surface area (Å²) in [5.74, 6) is 0.759. The van der Waals surface area contributed by atoms with Gasteiger partial charge in [0, 0.05) is 13.1 Å². The van der Waals surface area contributed by atoms with Crippen LogP contribution in [-0.2, 0) is 7.05 Å². The highest BCUT2D eigenvalue weighted by molar-refractivity contribution is 5.76. The molecule has 82 valence electrons. The molecule has 2 heterocycles. The number of nitrogens with zero attached hydrogens (tertiary/aromatic N) is 3. The van der Waals surface area contributed by atoms with Crippen molar-refractivity contribution in [1.29, 1.82) is 0 Å². The van der Waals surface area contributed by atoms with Gasteiger partial charge < -0.3 is 4.90 Å². The standard InChI is InChI=1S/C11H18N3O/c1-10-3-5-13(6-4-10)11(15)14-8-7-12(2)9-14/h7-10H,3-6H2,1-2H3/q+1. The second kappa shape index (κ2) is 4.04. The van der Waals surface area contributed by atoms with Gasteiger partial charge in [-0.05, 0) is 18.8 Å². The smallest absolute Gasteiger partial charge is 0.304 e. The van der Waals surface area contributed by atoms with Gasteiger partial charge in [0.1, 0.15) is 12.4 Å². The number of carbonyl (C=O) groups excluding carboxylic acids is 1. The molecular weight excluding hydrogens is 190 g/mol. The number of piperidine rings is 1. The number of aromatic nitrogens is 2. The molecule has 0 spiro atoms. The van der Waals surface area contributed by atoms with Crippen LogP contribution in [0.15, 0.2) is 18.7 Å². The Labute approximate surface area is 90.1 Å². The van der Waals surface area contributed by atoms with E-state index in [-0.39, 0.29) is 6.03 Å². The van der Waals surface area contributed by atoms with Crippen LogP contribution >= 0.6 is 0 Å². The molecule has 1 aromatic heterocycles. The van der Waals surface area contributed by atoms with Crippen molar-refractivity contribution >= 4 is 6.03 Å². The molecule has 1 fully saturated rings. The minimum Gasteiger partial charge on any atom is -0.304 e. The van der Waals surface area contributed by atoms with Crippen molar-refractivity contribution in [3.05, 3.63) is 18.7 Å². The van der Waals surface area contributed by atoms with Crippen LogP contribution in [0.5, 0.6) is 0 Å². The van der Waals surface area contributed by atoms with Crippen LogP contribution in [0.25, 0.3) is 0 Å². The van der Waals surface area contributed by atoms with Gasteiger partial charge in [-0.3, -0.25) is 0 Å². The number of likely N-dealkylation sites (tertiary alicyclic amines) is 1. The van der Waals surface area contributed by atoms with Crippen molar-refractivity contribution in [3.63, 3.8) is 0 Å². The topological polar surface area (TPSA) is 29.1 Å². The maximum atomic E-state index is 12.0. The number of aryl methyl sites for hydroxylation is 1. The molecule has 4 heteroatoms. The lowest BCUT2D eigenvalue weighted by Crippen LogP contribution is -2.40. The van der Waals surface area contributed by atoms with E-state index in [1.165, 1.54) is 0 Å². The van der Waals surface area contributed by atoms with E-state index in [1.807, 2.05) is 22.7 Å². The second-order valence-electron chi connectivity index (χ2n) is 4.44. The molecule has 0 saturated carbocycles. The first-order valence-corrected chi connectivity index (χ1v) is 5.49. The lowest BCUT2D eigenvalue weighted by atomic mass is 10.00. The molecule has 0 unspecified atom stereocenters. The minimum atomic E-state index is 0.0995. The van der Waals surface area contributed by atoms with Gasteiger partial charge in [0.25, 0.3) is 6.33 Å². The zero-order chi connectivity index (χ0) is 10.8. The molecule has 2 rings (SSSR count). The van der Waals surface area contributed by atoms with Crippen LogP contribution in [0.1, 0.15) is 19.8 Å². The molecule has 1 aliphatic heterocycles. The fourth-order valence-corrected chi connectivity index (χ4v) is 1.93. The Hall–Kier alpha value is -1.32. The number of rotatable bonds is 0. The van der Waals surface area contributed by atoms with Crippen LogP contribution < -0.4 is 4.57 Å². The summed E-state index contributed by atoms with van der Waals surface area (Å²) in [6, 6.07) is 0.0995. The van der Waals surface area contributed by atoms with E-state index in [2.05, 4.69) is 6.92 Å². The molecule has 15 heavy (non-hydrogen) atoms. The van der Waals surface area contributed by atoms with Crippen molar-refractivity contribution in [1.82, 2.24) is 9.47 Å². The van der Waals surface area contributed by atoms with Crippen LogP contribution in [0.3, 0.4) is 0 Å². The largest absolute Gasteiger partial charge is 0.415 e. The molecule has 0 aliphatic carbocycles. The molecule has 1 aromatic rings. The Morgan fingerprint density at radius 3 is 2.60 bits per heavy atom. The van der Waals surface area contributed by atoms with Crippen molar-refractivity contribution in [2.45, 2.75) is 19.8 Å². The summed E-state index contributed by atoms with van der Waals surface area (Å²) in [4.78, 5) is 13.9. The highest BCUT2D eigenvalue weighted by Gasteiger charge is 2.24. The van der Waals surface area contributed by atoms with Crippen LogP contribution in [0, 0.1) is 5.92 Å². The molecule has 4 nitrogen and oxygen atoms in total. The number of amides is 1. The van der Waals surface area contributed by atoms with E-state index in [0.29, 0.717) is 0 Å². The summed E-state index contributed by atoms with van der Waals surface area (Å²) < 4.78 is 3.53. The molecule has 0 bridgehead atoms. The second-order valence-corrected chi connectivity index (χ2v) is 4.44. The Morgan fingerprint density at radius 1 is 1.40 bits per heavy atom.